The van der Waals surface area contributed by atoms with Crippen molar-refractivity contribution in [2.45, 2.75) is 25.3 Å². The highest BCUT2D eigenvalue weighted by atomic mass is 35.5. The summed E-state index contributed by atoms with van der Waals surface area (Å²) in [5.41, 5.74) is 1.55. The zero-order valence-corrected chi connectivity index (χ0v) is 17.1. The Hall–Kier alpha value is -2.35. The first-order valence-corrected chi connectivity index (χ1v) is 10.1. The van der Waals surface area contributed by atoms with Crippen molar-refractivity contribution in [3.8, 4) is 5.69 Å². The van der Waals surface area contributed by atoms with Crippen molar-refractivity contribution in [2.75, 3.05) is 24.7 Å². The van der Waals surface area contributed by atoms with Crippen LogP contribution in [0.4, 0.5) is 5.82 Å². The fraction of sp³-hybridized carbons (Fsp3) is 0.350. The number of benzene rings is 1. The molecule has 1 aliphatic heterocycles. The van der Waals surface area contributed by atoms with Crippen molar-refractivity contribution in [1.82, 2.24) is 14.5 Å². The molecule has 0 saturated carbocycles. The SMILES string of the molecule is O=C(O)CCOC[C@H]1CCCN1c1cc(-n2ccnc2)c2ccc(Cl)c(Cl)c2n1. The summed E-state index contributed by atoms with van der Waals surface area (Å²) in [4.78, 5) is 21.9. The smallest absolute Gasteiger partial charge is 0.305 e. The number of halogens is 2. The van der Waals surface area contributed by atoms with E-state index in [2.05, 4.69) is 9.88 Å². The molecule has 0 bridgehead atoms. The van der Waals surface area contributed by atoms with Gasteiger partial charge in [0.15, 0.2) is 0 Å². The number of aliphatic carboxylic acids is 1. The van der Waals surface area contributed by atoms with Crippen LogP contribution in [0.15, 0.2) is 36.9 Å². The van der Waals surface area contributed by atoms with Crippen molar-refractivity contribution >= 4 is 45.9 Å². The van der Waals surface area contributed by atoms with Crippen LogP contribution in [0.1, 0.15) is 19.3 Å². The second-order valence-electron chi connectivity index (χ2n) is 6.94. The van der Waals surface area contributed by atoms with E-state index in [0.717, 1.165) is 36.3 Å². The Kier molecular flexibility index (Phi) is 5.89. The van der Waals surface area contributed by atoms with E-state index in [1.54, 1.807) is 18.6 Å². The van der Waals surface area contributed by atoms with E-state index in [9.17, 15) is 4.79 Å². The Morgan fingerprint density at radius 1 is 1.34 bits per heavy atom. The van der Waals surface area contributed by atoms with Crippen LogP contribution in [0.25, 0.3) is 16.6 Å². The van der Waals surface area contributed by atoms with Gasteiger partial charge in [-0.2, -0.15) is 0 Å². The Morgan fingerprint density at radius 3 is 2.97 bits per heavy atom. The van der Waals surface area contributed by atoms with Gasteiger partial charge in [0.25, 0.3) is 0 Å². The molecule has 2 aromatic heterocycles. The number of carbonyl (C=O) groups is 1. The lowest BCUT2D eigenvalue weighted by Gasteiger charge is -2.27. The molecule has 152 valence electrons. The van der Waals surface area contributed by atoms with Gasteiger partial charge in [0, 0.05) is 30.4 Å². The largest absolute Gasteiger partial charge is 0.481 e. The van der Waals surface area contributed by atoms with E-state index in [-0.39, 0.29) is 19.1 Å². The first kappa shape index (κ1) is 19.9. The normalized spacial score (nSPS) is 16.6. The number of imidazole rings is 1. The number of carboxylic acids is 1. The zero-order valence-electron chi connectivity index (χ0n) is 15.6. The van der Waals surface area contributed by atoms with Gasteiger partial charge in [0.1, 0.15) is 5.82 Å². The van der Waals surface area contributed by atoms with Crippen LogP contribution in [-0.2, 0) is 9.53 Å². The highest BCUT2D eigenvalue weighted by molar-refractivity contribution is 6.45. The molecule has 0 spiro atoms. The van der Waals surface area contributed by atoms with Crippen LogP contribution < -0.4 is 4.90 Å². The number of fused-ring (bicyclic) bond motifs is 1. The molecule has 0 unspecified atom stereocenters. The second kappa shape index (κ2) is 8.57. The molecule has 1 saturated heterocycles. The predicted molar refractivity (Wildman–Crippen MR) is 112 cm³/mol. The summed E-state index contributed by atoms with van der Waals surface area (Å²) in [6, 6.07) is 5.82. The van der Waals surface area contributed by atoms with E-state index >= 15 is 0 Å². The third-order valence-electron chi connectivity index (χ3n) is 5.06. The molecule has 4 rings (SSSR count). The van der Waals surface area contributed by atoms with Crippen LogP contribution in [0.5, 0.6) is 0 Å². The minimum atomic E-state index is -0.860. The van der Waals surface area contributed by atoms with Crippen molar-refractivity contribution < 1.29 is 14.6 Å². The molecular weight excluding hydrogens is 415 g/mol. The van der Waals surface area contributed by atoms with Gasteiger partial charge in [-0.3, -0.25) is 4.79 Å². The van der Waals surface area contributed by atoms with E-state index in [1.165, 1.54) is 0 Å². The van der Waals surface area contributed by atoms with Gasteiger partial charge in [-0.15, -0.1) is 0 Å². The summed E-state index contributed by atoms with van der Waals surface area (Å²) in [7, 11) is 0. The fourth-order valence-electron chi connectivity index (χ4n) is 3.65. The Morgan fingerprint density at radius 2 is 2.21 bits per heavy atom. The summed E-state index contributed by atoms with van der Waals surface area (Å²) in [6.45, 7) is 1.50. The van der Waals surface area contributed by atoms with Gasteiger partial charge in [0.2, 0.25) is 0 Å². The number of rotatable bonds is 7. The van der Waals surface area contributed by atoms with Crippen LogP contribution >= 0.6 is 23.2 Å². The maximum Gasteiger partial charge on any atom is 0.305 e. The molecule has 7 nitrogen and oxygen atoms in total. The maximum absolute atomic E-state index is 10.7. The molecule has 3 heterocycles. The number of aromatic nitrogens is 3. The van der Waals surface area contributed by atoms with Gasteiger partial charge < -0.3 is 19.3 Å². The quantitative estimate of drug-likeness (QED) is 0.561. The Bertz CT molecular complexity index is 1030. The van der Waals surface area contributed by atoms with Gasteiger partial charge in [-0.1, -0.05) is 23.2 Å². The molecule has 1 fully saturated rings. The first-order chi connectivity index (χ1) is 14.0. The molecule has 0 amide bonds. The van der Waals surface area contributed by atoms with E-state index < -0.39 is 5.97 Å². The lowest BCUT2D eigenvalue weighted by Crippen LogP contribution is -2.34. The number of hydrogen-bond donors (Lipinski definition) is 1. The summed E-state index contributed by atoms with van der Waals surface area (Å²) >= 11 is 12.7. The monoisotopic (exact) mass is 434 g/mol. The number of ether oxygens (including phenoxy) is 1. The molecule has 0 radical (unpaired) electrons. The molecule has 1 aliphatic rings. The van der Waals surface area contributed by atoms with Crippen molar-refractivity contribution in [3.05, 3.63) is 47.0 Å². The third kappa shape index (κ3) is 4.17. The van der Waals surface area contributed by atoms with Crippen LogP contribution in [0, 0.1) is 0 Å². The predicted octanol–water partition coefficient (Wildman–Crippen LogP) is 4.19. The lowest BCUT2D eigenvalue weighted by atomic mass is 10.1. The number of nitrogens with zero attached hydrogens (tertiary/aromatic N) is 4. The Balaban J connectivity index is 1.69. The molecule has 0 aliphatic carbocycles. The fourth-order valence-corrected chi connectivity index (χ4v) is 4.01. The number of pyridine rings is 1. The van der Waals surface area contributed by atoms with Crippen LogP contribution in [-0.4, -0.2) is 51.4 Å². The number of carboxylic acid groups (broad SMARTS) is 1. The average molecular weight is 435 g/mol. The van der Waals surface area contributed by atoms with Crippen LogP contribution in [0.2, 0.25) is 10.0 Å². The summed E-state index contributed by atoms with van der Waals surface area (Å²) in [5, 5.41) is 10.5. The standard InChI is InChI=1S/C20H20Cl2N4O3/c21-15-4-3-14-16(25-8-6-23-12-25)10-17(24-20(14)19(15)22)26-7-1-2-13(26)11-29-9-5-18(27)28/h3-4,6,8,10,12-13H,1-2,5,7,9,11H2,(H,27,28)/t13-/m1/s1. The minimum absolute atomic E-state index is 0.000170. The molecule has 1 atom stereocenters. The summed E-state index contributed by atoms with van der Waals surface area (Å²) in [6.07, 6.45) is 7.29. The lowest BCUT2D eigenvalue weighted by molar-refractivity contribution is -0.138. The summed E-state index contributed by atoms with van der Waals surface area (Å²) in [5.74, 6) is -0.0735. The molecule has 9 heteroatoms. The minimum Gasteiger partial charge on any atom is -0.481 e. The highest BCUT2D eigenvalue weighted by Gasteiger charge is 2.27. The van der Waals surface area contributed by atoms with Crippen molar-refractivity contribution in [2.24, 2.45) is 0 Å². The van der Waals surface area contributed by atoms with Gasteiger partial charge in [-0.25, -0.2) is 9.97 Å². The molecular formula is C20H20Cl2N4O3. The van der Waals surface area contributed by atoms with Crippen molar-refractivity contribution in [3.63, 3.8) is 0 Å². The average Bonchev–Trinajstić information content (AvgIpc) is 3.39. The van der Waals surface area contributed by atoms with E-state index in [0.29, 0.717) is 22.2 Å². The molecule has 29 heavy (non-hydrogen) atoms. The first-order valence-electron chi connectivity index (χ1n) is 9.38. The van der Waals surface area contributed by atoms with Crippen molar-refractivity contribution in [1.29, 1.82) is 0 Å². The third-order valence-corrected chi connectivity index (χ3v) is 5.86. The van der Waals surface area contributed by atoms with Gasteiger partial charge >= 0.3 is 5.97 Å². The maximum atomic E-state index is 10.7. The second-order valence-corrected chi connectivity index (χ2v) is 7.72. The van der Waals surface area contributed by atoms with E-state index in [1.807, 2.05) is 22.9 Å². The zero-order chi connectivity index (χ0) is 20.4. The number of anilines is 1. The molecule has 1 aromatic carbocycles. The Labute approximate surface area is 177 Å². The molecule has 1 N–H and O–H groups in total. The van der Waals surface area contributed by atoms with Crippen LogP contribution in [0.3, 0.4) is 0 Å². The highest BCUT2D eigenvalue weighted by Crippen LogP contribution is 2.36. The summed E-state index contributed by atoms with van der Waals surface area (Å²) < 4.78 is 7.52. The molecule has 3 aromatic rings. The van der Waals surface area contributed by atoms with Gasteiger partial charge in [-0.05, 0) is 25.0 Å². The topological polar surface area (TPSA) is 80.5 Å². The number of hydrogen-bond acceptors (Lipinski definition) is 5. The van der Waals surface area contributed by atoms with E-state index in [4.69, 9.17) is 38.0 Å². The van der Waals surface area contributed by atoms with Gasteiger partial charge in [0.05, 0.1) is 53.3 Å².